The number of hydrogen-bond acceptors (Lipinski definition) is 1. The van der Waals surface area contributed by atoms with E-state index in [0.29, 0.717) is 0 Å². The molecule has 0 fully saturated rings. The molecule has 0 atom stereocenters. The van der Waals surface area contributed by atoms with Gasteiger partial charge in [-0.05, 0) is 29.3 Å². The number of halogens is 2. The van der Waals surface area contributed by atoms with Crippen LogP contribution < -0.4 is 17.0 Å². The van der Waals surface area contributed by atoms with Crippen LogP contribution in [-0.4, -0.2) is 5.11 Å². The summed E-state index contributed by atoms with van der Waals surface area (Å²) in [5.74, 6) is 0.280. The lowest BCUT2D eigenvalue weighted by Crippen LogP contribution is -3.00. The first-order chi connectivity index (χ1) is 11.2. The fourth-order valence-electron chi connectivity index (χ4n) is 2.29. The van der Waals surface area contributed by atoms with Gasteiger partial charge in [0.05, 0.1) is 5.02 Å². The highest BCUT2D eigenvalue weighted by Crippen LogP contribution is 2.15. The van der Waals surface area contributed by atoms with Gasteiger partial charge in [-0.1, -0.05) is 54.1 Å². The summed E-state index contributed by atoms with van der Waals surface area (Å²) in [5, 5.41) is 10.1. The van der Waals surface area contributed by atoms with Crippen LogP contribution in [0.4, 0.5) is 0 Å². The predicted octanol–water partition coefficient (Wildman–Crippen LogP) is 1.56. The van der Waals surface area contributed by atoms with Crippen LogP contribution in [0.1, 0.15) is 16.7 Å². The van der Waals surface area contributed by atoms with E-state index >= 15 is 0 Å². The Morgan fingerprint density at radius 1 is 0.833 bits per heavy atom. The van der Waals surface area contributed by atoms with Gasteiger partial charge < -0.3 is 17.5 Å². The number of nitrogens with zero attached hydrogens (tertiary/aromatic N) is 1. The lowest BCUT2D eigenvalue weighted by Gasteiger charge is -2.00. The molecule has 3 rings (SSSR count). The van der Waals surface area contributed by atoms with Gasteiger partial charge in [-0.3, -0.25) is 0 Å². The summed E-state index contributed by atoms with van der Waals surface area (Å²) in [6.45, 7) is 0.752. The smallest absolute Gasteiger partial charge is 0.175 e. The Morgan fingerprint density at radius 2 is 1.42 bits per heavy atom. The molecular formula is C20H17Cl2NO. The second kappa shape index (κ2) is 8.53. The van der Waals surface area contributed by atoms with Crippen LogP contribution in [0.25, 0.3) is 12.2 Å². The number of aromatic hydroxyl groups is 1. The van der Waals surface area contributed by atoms with Crippen molar-refractivity contribution in [1.82, 2.24) is 0 Å². The molecule has 24 heavy (non-hydrogen) atoms. The molecule has 1 heterocycles. The predicted molar refractivity (Wildman–Crippen MR) is 94.2 cm³/mol. The van der Waals surface area contributed by atoms with Gasteiger partial charge >= 0.3 is 0 Å². The van der Waals surface area contributed by atoms with Crippen molar-refractivity contribution in [3.05, 3.63) is 94.8 Å². The van der Waals surface area contributed by atoms with Gasteiger partial charge in [-0.25, -0.2) is 4.57 Å². The van der Waals surface area contributed by atoms with Crippen molar-refractivity contribution < 1.29 is 22.1 Å². The first-order valence-corrected chi connectivity index (χ1v) is 7.78. The van der Waals surface area contributed by atoms with Crippen LogP contribution in [0.3, 0.4) is 0 Å². The molecule has 0 unspecified atom stereocenters. The van der Waals surface area contributed by atoms with Crippen molar-refractivity contribution in [3.63, 3.8) is 0 Å². The van der Waals surface area contributed by atoms with Crippen LogP contribution in [0.2, 0.25) is 5.02 Å². The summed E-state index contributed by atoms with van der Waals surface area (Å²) in [4.78, 5) is 0. The van der Waals surface area contributed by atoms with Crippen molar-refractivity contribution in [2.24, 2.45) is 0 Å². The Hall–Kier alpha value is -2.29. The molecule has 0 aliphatic rings. The van der Waals surface area contributed by atoms with Crippen LogP contribution in [0, 0.1) is 0 Å². The Labute approximate surface area is 153 Å². The van der Waals surface area contributed by atoms with Gasteiger partial charge in [-0.2, -0.15) is 0 Å². The van der Waals surface area contributed by atoms with Crippen molar-refractivity contribution >= 4 is 23.8 Å². The Balaban J connectivity index is 0.00000208. The lowest BCUT2D eigenvalue weighted by molar-refractivity contribution is -0.688. The largest absolute Gasteiger partial charge is 1.00 e. The molecule has 1 N–H and O–H groups in total. The second-order valence-corrected chi connectivity index (χ2v) is 5.73. The zero-order valence-electron chi connectivity index (χ0n) is 12.9. The van der Waals surface area contributed by atoms with E-state index in [0.717, 1.165) is 28.3 Å². The van der Waals surface area contributed by atoms with Gasteiger partial charge in [0.2, 0.25) is 0 Å². The van der Waals surface area contributed by atoms with Crippen molar-refractivity contribution in [2.75, 3.05) is 0 Å². The Morgan fingerprint density at radius 3 is 2.04 bits per heavy atom. The Bertz CT molecular complexity index is 812. The van der Waals surface area contributed by atoms with E-state index in [1.807, 2.05) is 60.9 Å². The molecule has 0 amide bonds. The lowest BCUT2D eigenvalue weighted by atomic mass is 10.1. The number of phenols is 1. The van der Waals surface area contributed by atoms with E-state index in [9.17, 15) is 5.11 Å². The summed E-state index contributed by atoms with van der Waals surface area (Å²) in [6, 6.07) is 19.1. The van der Waals surface area contributed by atoms with Crippen molar-refractivity contribution in [1.29, 1.82) is 0 Å². The zero-order valence-corrected chi connectivity index (χ0v) is 14.5. The summed E-state index contributed by atoms with van der Waals surface area (Å²) in [5.41, 5.74) is 3.27. The molecule has 2 nitrogen and oxygen atoms in total. The minimum atomic E-state index is 0. The van der Waals surface area contributed by atoms with E-state index < -0.39 is 0 Å². The van der Waals surface area contributed by atoms with Crippen LogP contribution >= 0.6 is 11.6 Å². The summed E-state index contributed by atoms with van der Waals surface area (Å²) >= 11 is 6.19. The maximum atomic E-state index is 9.28. The fourth-order valence-corrected chi connectivity index (χ4v) is 2.48. The molecule has 1 aromatic heterocycles. The first-order valence-electron chi connectivity index (χ1n) is 7.40. The zero-order chi connectivity index (χ0) is 16.1. The second-order valence-electron chi connectivity index (χ2n) is 5.32. The maximum absolute atomic E-state index is 9.28. The van der Waals surface area contributed by atoms with Crippen LogP contribution in [0.5, 0.6) is 5.75 Å². The van der Waals surface area contributed by atoms with Gasteiger partial charge in [-0.15, -0.1) is 0 Å². The summed E-state index contributed by atoms with van der Waals surface area (Å²) in [6.07, 6.45) is 8.15. The molecule has 2 aromatic carbocycles. The van der Waals surface area contributed by atoms with E-state index in [-0.39, 0.29) is 18.2 Å². The van der Waals surface area contributed by atoms with E-state index in [2.05, 4.69) is 16.7 Å². The Kier molecular flexibility index (Phi) is 6.42. The number of benzene rings is 2. The molecule has 122 valence electrons. The minimum Gasteiger partial charge on any atom is -1.00 e. The number of rotatable bonds is 4. The van der Waals surface area contributed by atoms with Crippen molar-refractivity contribution in [2.45, 2.75) is 6.54 Å². The fraction of sp³-hybridized carbons (Fsp3) is 0.0500. The summed E-state index contributed by atoms with van der Waals surface area (Å²) < 4.78 is 2.10. The molecule has 0 aliphatic carbocycles. The average Bonchev–Trinajstić information content (AvgIpc) is 2.58. The van der Waals surface area contributed by atoms with E-state index in [1.54, 1.807) is 12.1 Å². The molecule has 0 saturated heterocycles. The van der Waals surface area contributed by atoms with Crippen LogP contribution in [0.15, 0.2) is 73.1 Å². The van der Waals surface area contributed by atoms with Crippen molar-refractivity contribution in [3.8, 4) is 5.75 Å². The molecule has 0 saturated carbocycles. The molecule has 0 aliphatic heterocycles. The molecular weight excluding hydrogens is 341 g/mol. The van der Waals surface area contributed by atoms with Gasteiger partial charge in [0.25, 0.3) is 0 Å². The van der Waals surface area contributed by atoms with Gasteiger partial charge in [0, 0.05) is 17.7 Å². The average molecular weight is 358 g/mol. The van der Waals surface area contributed by atoms with Crippen LogP contribution in [-0.2, 0) is 6.54 Å². The monoisotopic (exact) mass is 357 g/mol. The van der Waals surface area contributed by atoms with Gasteiger partial charge in [0.1, 0.15) is 5.75 Å². The summed E-state index contributed by atoms with van der Waals surface area (Å²) in [7, 11) is 0. The SMILES string of the molecule is Oc1ccc(/C=C/c2cc[n+](Cc3ccccc3Cl)cc2)cc1.[Cl-]. The minimum absolute atomic E-state index is 0. The molecule has 3 aromatic rings. The third-order valence-electron chi connectivity index (χ3n) is 3.59. The third-order valence-corrected chi connectivity index (χ3v) is 3.96. The number of phenolic OH excluding ortho intramolecular Hbond substituents is 1. The highest BCUT2D eigenvalue weighted by atomic mass is 35.5. The molecule has 0 bridgehead atoms. The quantitative estimate of drug-likeness (QED) is 0.704. The van der Waals surface area contributed by atoms with E-state index in [1.165, 1.54) is 0 Å². The molecule has 0 radical (unpaired) electrons. The normalized spacial score (nSPS) is 10.5. The standard InChI is InChI=1S/C20H16ClNO.ClH/c21-20-4-2-1-3-18(20)15-22-13-11-17(12-14-22)6-5-16-7-9-19(23)10-8-16;/h1-14H,15H2;1H. The molecule has 4 heteroatoms. The molecule has 0 spiro atoms. The van der Waals surface area contributed by atoms with E-state index in [4.69, 9.17) is 11.6 Å². The highest BCUT2D eigenvalue weighted by molar-refractivity contribution is 6.31. The number of pyridine rings is 1. The van der Waals surface area contributed by atoms with Gasteiger partial charge in [0.15, 0.2) is 18.9 Å². The first kappa shape index (κ1) is 18.1. The highest BCUT2D eigenvalue weighted by Gasteiger charge is 2.05. The third kappa shape index (κ3) is 4.85. The topological polar surface area (TPSA) is 24.1 Å². The number of aromatic nitrogens is 1. The number of hydrogen-bond donors (Lipinski definition) is 1. The maximum Gasteiger partial charge on any atom is 0.175 e.